The summed E-state index contributed by atoms with van der Waals surface area (Å²) in [6.07, 6.45) is 1.62. The minimum Gasteiger partial charge on any atom is -0.317 e. The minimum absolute atomic E-state index is 0.180. The van der Waals surface area contributed by atoms with Crippen LogP contribution in [0.5, 0.6) is 0 Å². The fourth-order valence-corrected chi connectivity index (χ4v) is 3.50. The predicted octanol–water partition coefficient (Wildman–Crippen LogP) is 4.98. The molecule has 142 valence electrons. The van der Waals surface area contributed by atoms with Gasteiger partial charge in [0, 0.05) is 28.4 Å². The Hall–Kier alpha value is -2.02. The summed E-state index contributed by atoms with van der Waals surface area (Å²) in [5.74, 6) is -0.381. The summed E-state index contributed by atoms with van der Waals surface area (Å²) >= 11 is 18.6. The summed E-state index contributed by atoms with van der Waals surface area (Å²) in [5, 5.41) is 13.0. The first kappa shape index (κ1) is 19.7. The second-order valence-corrected chi connectivity index (χ2v) is 7.26. The maximum atomic E-state index is 12.6. The van der Waals surface area contributed by atoms with Gasteiger partial charge in [0.25, 0.3) is 5.91 Å². The lowest BCUT2D eigenvalue weighted by molar-refractivity contribution is 0.102. The molecule has 0 atom stereocenters. The molecule has 0 saturated heterocycles. The molecule has 27 heavy (non-hydrogen) atoms. The van der Waals surface area contributed by atoms with Gasteiger partial charge in [-0.15, -0.1) is 0 Å². The standard InChI is InChI=1S/C18H18Cl3N5O/c1-4-25-9-15(21)17(24-25)18(27)22-16-10(2)23-26(11(16)3)8-12-13(19)6-5-7-14(12)20/h5-7,9H,4,8H2,1-3H3,(H,22,27). The Bertz CT molecular complexity index is 989. The third-order valence-corrected chi connectivity index (χ3v) is 5.23. The van der Waals surface area contributed by atoms with E-state index in [2.05, 4.69) is 15.5 Å². The van der Waals surface area contributed by atoms with Crippen LogP contribution in [0, 0.1) is 13.8 Å². The van der Waals surface area contributed by atoms with Crippen molar-refractivity contribution in [3.63, 3.8) is 0 Å². The molecule has 2 aromatic heterocycles. The van der Waals surface area contributed by atoms with Crippen LogP contribution in [0.4, 0.5) is 5.69 Å². The van der Waals surface area contributed by atoms with E-state index in [9.17, 15) is 4.79 Å². The molecular weight excluding hydrogens is 409 g/mol. The Labute approximate surface area is 172 Å². The minimum atomic E-state index is -0.381. The van der Waals surface area contributed by atoms with Crippen LogP contribution in [0.3, 0.4) is 0 Å². The van der Waals surface area contributed by atoms with Crippen molar-refractivity contribution in [2.45, 2.75) is 33.9 Å². The highest BCUT2D eigenvalue weighted by atomic mass is 35.5. The van der Waals surface area contributed by atoms with Crippen molar-refractivity contribution >= 4 is 46.4 Å². The number of nitrogens with zero attached hydrogens (tertiary/aromatic N) is 4. The number of benzene rings is 1. The Kier molecular flexibility index (Phi) is 5.79. The van der Waals surface area contributed by atoms with E-state index in [1.165, 1.54) is 0 Å². The maximum Gasteiger partial charge on any atom is 0.277 e. The third kappa shape index (κ3) is 3.98. The van der Waals surface area contributed by atoms with Crippen molar-refractivity contribution in [3.8, 4) is 0 Å². The molecule has 1 aromatic carbocycles. The monoisotopic (exact) mass is 425 g/mol. The Morgan fingerprint density at radius 1 is 1.11 bits per heavy atom. The van der Waals surface area contributed by atoms with E-state index in [1.54, 1.807) is 33.8 Å². The highest BCUT2D eigenvalue weighted by Gasteiger charge is 2.20. The largest absolute Gasteiger partial charge is 0.317 e. The first-order chi connectivity index (χ1) is 12.8. The van der Waals surface area contributed by atoms with Crippen molar-refractivity contribution in [3.05, 3.63) is 62.1 Å². The van der Waals surface area contributed by atoms with E-state index in [1.807, 2.05) is 20.8 Å². The van der Waals surface area contributed by atoms with Crippen LogP contribution in [-0.4, -0.2) is 25.5 Å². The van der Waals surface area contributed by atoms with Gasteiger partial charge in [0.1, 0.15) is 0 Å². The molecule has 0 saturated carbocycles. The van der Waals surface area contributed by atoms with Gasteiger partial charge in [-0.3, -0.25) is 14.2 Å². The molecule has 0 bridgehead atoms. The SMILES string of the molecule is CCn1cc(Cl)c(C(=O)Nc2c(C)nn(Cc3c(Cl)cccc3Cl)c2C)n1. The number of halogens is 3. The van der Waals surface area contributed by atoms with E-state index in [0.29, 0.717) is 39.5 Å². The highest BCUT2D eigenvalue weighted by molar-refractivity contribution is 6.36. The van der Waals surface area contributed by atoms with Crippen LogP contribution >= 0.6 is 34.8 Å². The van der Waals surface area contributed by atoms with E-state index in [-0.39, 0.29) is 11.6 Å². The molecule has 9 heteroatoms. The van der Waals surface area contributed by atoms with Crippen LogP contribution in [0.2, 0.25) is 15.1 Å². The van der Waals surface area contributed by atoms with Gasteiger partial charge >= 0.3 is 0 Å². The number of hydrogen-bond acceptors (Lipinski definition) is 3. The number of anilines is 1. The number of aryl methyl sites for hydroxylation is 2. The molecule has 2 heterocycles. The van der Waals surface area contributed by atoms with Crippen LogP contribution in [0.25, 0.3) is 0 Å². The van der Waals surface area contributed by atoms with Gasteiger partial charge in [0.15, 0.2) is 5.69 Å². The average molecular weight is 427 g/mol. The molecule has 1 amide bonds. The van der Waals surface area contributed by atoms with E-state index >= 15 is 0 Å². The molecule has 1 N–H and O–H groups in total. The van der Waals surface area contributed by atoms with Gasteiger partial charge in [0.05, 0.1) is 28.6 Å². The topological polar surface area (TPSA) is 64.7 Å². The van der Waals surface area contributed by atoms with Crippen LogP contribution in [-0.2, 0) is 13.1 Å². The molecule has 6 nitrogen and oxygen atoms in total. The molecule has 0 unspecified atom stereocenters. The molecule has 3 aromatic rings. The first-order valence-corrected chi connectivity index (χ1v) is 9.46. The smallest absolute Gasteiger partial charge is 0.277 e. The van der Waals surface area contributed by atoms with E-state index in [0.717, 1.165) is 11.3 Å². The normalized spacial score (nSPS) is 11.0. The van der Waals surface area contributed by atoms with Crippen LogP contribution in [0.1, 0.15) is 34.4 Å². The number of amides is 1. The maximum absolute atomic E-state index is 12.6. The predicted molar refractivity (Wildman–Crippen MR) is 108 cm³/mol. The van der Waals surface area contributed by atoms with Crippen molar-refractivity contribution in [2.75, 3.05) is 5.32 Å². The lowest BCUT2D eigenvalue weighted by atomic mass is 10.2. The molecular formula is C18H18Cl3N5O. The number of hydrogen-bond donors (Lipinski definition) is 1. The number of carbonyl (C=O) groups excluding carboxylic acids is 1. The van der Waals surface area contributed by atoms with Gasteiger partial charge in [0.2, 0.25) is 0 Å². The molecule has 0 radical (unpaired) electrons. The molecule has 0 aliphatic rings. The highest BCUT2D eigenvalue weighted by Crippen LogP contribution is 2.28. The second kappa shape index (κ2) is 7.92. The van der Waals surface area contributed by atoms with E-state index in [4.69, 9.17) is 34.8 Å². The van der Waals surface area contributed by atoms with Gasteiger partial charge in [-0.1, -0.05) is 40.9 Å². The molecule has 0 spiro atoms. The zero-order valence-electron chi connectivity index (χ0n) is 15.1. The van der Waals surface area contributed by atoms with Gasteiger partial charge in [-0.05, 0) is 32.9 Å². The van der Waals surface area contributed by atoms with Crippen LogP contribution in [0.15, 0.2) is 24.4 Å². The summed E-state index contributed by atoms with van der Waals surface area (Å²) in [6.45, 7) is 6.63. The summed E-state index contributed by atoms with van der Waals surface area (Å²) in [5.41, 5.74) is 3.02. The average Bonchev–Trinajstić information content (AvgIpc) is 3.13. The van der Waals surface area contributed by atoms with Crippen molar-refractivity contribution < 1.29 is 4.79 Å². The molecule has 0 aliphatic carbocycles. The fourth-order valence-electron chi connectivity index (χ4n) is 2.75. The fraction of sp³-hybridized carbons (Fsp3) is 0.278. The Morgan fingerprint density at radius 3 is 2.37 bits per heavy atom. The Balaban J connectivity index is 1.87. The number of rotatable bonds is 5. The Morgan fingerprint density at radius 2 is 1.78 bits per heavy atom. The van der Waals surface area contributed by atoms with Gasteiger partial charge < -0.3 is 5.32 Å². The lowest BCUT2D eigenvalue weighted by Crippen LogP contribution is -2.15. The quantitative estimate of drug-likeness (QED) is 0.626. The van der Waals surface area contributed by atoms with Crippen molar-refractivity contribution in [2.24, 2.45) is 0 Å². The molecule has 3 rings (SSSR count). The zero-order valence-corrected chi connectivity index (χ0v) is 17.3. The van der Waals surface area contributed by atoms with Crippen molar-refractivity contribution in [1.82, 2.24) is 19.6 Å². The molecule has 0 aliphatic heterocycles. The summed E-state index contributed by atoms with van der Waals surface area (Å²) in [6, 6.07) is 5.35. The lowest BCUT2D eigenvalue weighted by Gasteiger charge is -2.09. The zero-order chi connectivity index (χ0) is 19.7. The van der Waals surface area contributed by atoms with Gasteiger partial charge in [-0.2, -0.15) is 10.2 Å². The van der Waals surface area contributed by atoms with Gasteiger partial charge in [-0.25, -0.2) is 0 Å². The summed E-state index contributed by atoms with van der Waals surface area (Å²) in [4.78, 5) is 12.6. The summed E-state index contributed by atoms with van der Waals surface area (Å²) in [7, 11) is 0. The second-order valence-electron chi connectivity index (χ2n) is 6.04. The van der Waals surface area contributed by atoms with Crippen molar-refractivity contribution in [1.29, 1.82) is 0 Å². The first-order valence-electron chi connectivity index (χ1n) is 8.33. The number of aromatic nitrogens is 4. The summed E-state index contributed by atoms with van der Waals surface area (Å²) < 4.78 is 3.37. The van der Waals surface area contributed by atoms with E-state index < -0.39 is 0 Å². The third-order valence-electron chi connectivity index (χ3n) is 4.25. The molecule has 0 fully saturated rings. The van der Waals surface area contributed by atoms with Crippen LogP contribution < -0.4 is 5.32 Å². The number of nitrogens with one attached hydrogen (secondary N) is 1. The number of carbonyl (C=O) groups is 1.